The molecule has 0 radical (unpaired) electrons. The van der Waals surface area contributed by atoms with Crippen molar-refractivity contribution in [3.8, 4) is 22.8 Å². The first-order valence-corrected chi connectivity index (χ1v) is 9.63. The zero-order chi connectivity index (χ0) is 20.1. The highest BCUT2D eigenvalue weighted by Crippen LogP contribution is 2.32. The topological polar surface area (TPSA) is 80.9 Å². The fourth-order valence-corrected chi connectivity index (χ4v) is 2.95. The maximum absolute atomic E-state index is 5.86. The molecule has 0 saturated carbocycles. The van der Waals surface area contributed by atoms with Crippen LogP contribution in [0.4, 0.5) is 0 Å². The minimum Gasteiger partial charge on any atom is -0.454 e. The van der Waals surface area contributed by atoms with Gasteiger partial charge in [-0.15, -0.1) is 0 Å². The summed E-state index contributed by atoms with van der Waals surface area (Å²) in [5.41, 5.74) is 3.27. The fraction of sp³-hybridized carbons (Fsp3) is 0.273. The van der Waals surface area contributed by atoms with Crippen molar-refractivity contribution in [2.45, 2.75) is 26.9 Å². The summed E-state index contributed by atoms with van der Waals surface area (Å²) in [5.74, 6) is 3.59. The van der Waals surface area contributed by atoms with Crippen LogP contribution < -0.4 is 20.1 Å². The lowest BCUT2D eigenvalue weighted by Crippen LogP contribution is -2.36. The molecule has 1 aromatic heterocycles. The zero-order valence-corrected chi connectivity index (χ0v) is 16.6. The van der Waals surface area contributed by atoms with Crippen LogP contribution in [0.2, 0.25) is 0 Å². The molecule has 2 aromatic carbocycles. The van der Waals surface area contributed by atoms with Gasteiger partial charge in [-0.2, -0.15) is 0 Å². The summed E-state index contributed by atoms with van der Waals surface area (Å²) in [7, 11) is 0. The summed E-state index contributed by atoms with van der Waals surface area (Å²) < 4.78 is 16.6. The Balaban J connectivity index is 1.38. The van der Waals surface area contributed by atoms with E-state index in [2.05, 4.69) is 39.7 Å². The van der Waals surface area contributed by atoms with Gasteiger partial charge in [-0.25, -0.2) is 9.98 Å². The third-order valence-electron chi connectivity index (χ3n) is 4.50. The SMILES string of the molecule is CCNC(=NCc1ccc2c(c1)OCO2)NCc1ncc(-c2ccc(C)cc2)o1. The average Bonchev–Trinajstić information content (AvgIpc) is 3.39. The number of aromatic nitrogens is 1. The van der Waals surface area contributed by atoms with Gasteiger partial charge < -0.3 is 24.5 Å². The molecule has 4 rings (SSSR count). The molecule has 0 amide bonds. The van der Waals surface area contributed by atoms with Crippen LogP contribution in [-0.2, 0) is 13.1 Å². The molecular formula is C22H24N4O3. The Hall–Kier alpha value is -3.48. The van der Waals surface area contributed by atoms with Crippen LogP contribution in [0.5, 0.6) is 11.5 Å². The molecule has 0 bridgehead atoms. The molecule has 0 fully saturated rings. The first-order chi connectivity index (χ1) is 14.2. The predicted molar refractivity (Wildman–Crippen MR) is 111 cm³/mol. The minimum absolute atomic E-state index is 0.271. The number of oxazole rings is 1. The summed E-state index contributed by atoms with van der Waals surface area (Å²) in [6, 6.07) is 14.0. The summed E-state index contributed by atoms with van der Waals surface area (Å²) in [6.07, 6.45) is 1.75. The highest BCUT2D eigenvalue weighted by Gasteiger charge is 2.13. The Morgan fingerprint density at radius 3 is 2.72 bits per heavy atom. The van der Waals surface area contributed by atoms with Gasteiger partial charge in [-0.05, 0) is 31.5 Å². The molecule has 150 valence electrons. The van der Waals surface area contributed by atoms with Crippen molar-refractivity contribution < 1.29 is 13.9 Å². The van der Waals surface area contributed by atoms with Crippen molar-refractivity contribution in [3.05, 3.63) is 65.7 Å². The first-order valence-electron chi connectivity index (χ1n) is 9.63. The molecule has 7 nitrogen and oxygen atoms in total. The van der Waals surface area contributed by atoms with E-state index in [9.17, 15) is 0 Å². The summed E-state index contributed by atoms with van der Waals surface area (Å²) in [5, 5.41) is 6.49. The molecule has 3 aromatic rings. The monoisotopic (exact) mass is 392 g/mol. The van der Waals surface area contributed by atoms with E-state index in [0.717, 1.165) is 34.9 Å². The predicted octanol–water partition coefficient (Wildman–Crippen LogP) is 3.63. The van der Waals surface area contributed by atoms with E-state index in [1.807, 2.05) is 37.3 Å². The molecule has 7 heteroatoms. The molecule has 1 aliphatic heterocycles. The van der Waals surface area contributed by atoms with E-state index in [1.165, 1.54) is 5.56 Å². The van der Waals surface area contributed by atoms with Gasteiger partial charge in [0, 0.05) is 12.1 Å². The van der Waals surface area contributed by atoms with Crippen LogP contribution in [0.25, 0.3) is 11.3 Å². The van der Waals surface area contributed by atoms with Gasteiger partial charge in [0.1, 0.15) is 0 Å². The minimum atomic E-state index is 0.271. The number of benzene rings is 2. The number of fused-ring (bicyclic) bond motifs is 1. The maximum atomic E-state index is 5.86. The molecule has 1 aliphatic rings. The Labute approximate surface area is 169 Å². The van der Waals surface area contributed by atoms with E-state index in [0.29, 0.717) is 24.9 Å². The second kappa shape index (κ2) is 8.68. The lowest BCUT2D eigenvalue weighted by molar-refractivity contribution is 0.174. The molecule has 2 N–H and O–H groups in total. The van der Waals surface area contributed by atoms with Crippen LogP contribution in [0, 0.1) is 6.92 Å². The number of hydrogen-bond donors (Lipinski definition) is 2. The van der Waals surface area contributed by atoms with E-state index in [1.54, 1.807) is 6.20 Å². The Bertz CT molecular complexity index is 996. The lowest BCUT2D eigenvalue weighted by Gasteiger charge is -2.10. The van der Waals surface area contributed by atoms with Gasteiger partial charge in [-0.1, -0.05) is 35.9 Å². The second-order valence-corrected chi connectivity index (χ2v) is 6.72. The van der Waals surface area contributed by atoms with Gasteiger partial charge in [0.15, 0.2) is 23.2 Å². The third-order valence-corrected chi connectivity index (χ3v) is 4.50. The number of nitrogens with zero attached hydrogens (tertiary/aromatic N) is 2. The first kappa shape index (κ1) is 18.9. The van der Waals surface area contributed by atoms with Crippen LogP contribution in [0.3, 0.4) is 0 Å². The number of hydrogen-bond acceptors (Lipinski definition) is 5. The van der Waals surface area contributed by atoms with Gasteiger partial charge in [0.25, 0.3) is 0 Å². The van der Waals surface area contributed by atoms with Crippen LogP contribution in [0.15, 0.2) is 58.1 Å². The van der Waals surface area contributed by atoms with Crippen molar-refractivity contribution in [3.63, 3.8) is 0 Å². The zero-order valence-electron chi connectivity index (χ0n) is 16.6. The van der Waals surface area contributed by atoms with Gasteiger partial charge in [0.2, 0.25) is 12.7 Å². The maximum Gasteiger partial charge on any atom is 0.231 e. The molecule has 0 aliphatic carbocycles. The van der Waals surface area contributed by atoms with E-state index < -0.39 is 0 Å². The third kappa shape index (κ3) is 4.68. The van der Waals surface area contributed by atoms with Crippen LogP contribution in [0.1, 0.15) is 23.9 Å². The Morgan fingerprint density at radius 1 is 1.07 bits per heavy atom. The van der Waals surface area contributed by atoms with E-state index in [-0.39, 0.29) is 6.79 Å². The molecule has 0 saturated heterocycles. The van der Waals surface area contributed by atoms with Crippen molar-refractivity contribution in [1.29, 1.82) is 0 Å². The summed E-state index contributed by atoms with van der Waals surface area (Å²) in [6.45, 7) is 6.08. The van der Waals surface area contributed by atoms with E-state index >= 15 is 0 Å². The van der Waals surface area contributed by atoms with Crippen molar-refractivity contribution in [1.82, 2.24) is 15.6 Å². The number of nitrogens with one attached hydrogen (secondary N) is 2. The number of guanidine groups is 1. The summed E-state index contributed by atoms with van der Waals surface area (Å²) >= 11 is 0. The fourth-order valence-electron chi connectivity index (χ4n) is 2.95. The largest absolute Gasteiger partial charge is 0.454 e. The van der Waals surface area contributed by atoms with Gasteiger partial charge in [0.05, 0.1) is 19.3 Å². The van der Waals surface area contributed by atoms with E-state index in [4.69, 9.17) is 13.9 Å². The Kier molecular flexibility index (Phi) is 5.65. The number of ether oxygens (including phenoxy) is 2. The number of aryl methyl sites for hydroxylation is 1. The Morgan fingerprint density at radius 2 is 1.90 bits per heavy atom. The highest BCUT2D eigenvalue weighted by atomic mass is 16.7. The average molecular weight is 392 g/mol. The number of aliphatic imine (C=N–C) groups is 1. The van der Waals surface area contributed by atoms with Crippen LogP contribution >= 0.6 is 0 Å². The highest BCUT2D eigenvalue weighted by molar-refractivity contribution is 5.79. The summed E-state index contributed by atoms with van der Waals surface area (Å²) in [4.78, 5) is 8.99. The number of rotatable bonds is 6. The van der Waals surface area contributed by atoms with Crippen molar-refractivity contribution in [2.24, 2.45) is 4.99 Å². The van der Waals surface area contributed by atoms with Crippen molar-refractivity contribution >= 4 is 5.96 Å². The van der Waals surface area contributed by atoms with Gasteiger partial charge >= 0.3 is 0 Å². The quantitative estimate of drug-likeness (QED) is 0.492. The molecule has 29 heavy (non-hydrogen) atoms. The second-order valence-electron chi connectivity index (χ2n) is 6.72. The standard InChI is InChI=1S/C22H24N4O3/c1-3-23-22(25-11-16-6-9-18-19(10-16)28-14-27-18)26-13-21-24-12-20(29-21)17-7-4-15(2)5-8-17/h4-10,12H,3,11,13-14H2,1-2H3,(H2,23,25,26). The molecule has 0 unspecified atom stereocenters. The smallest absolute Gasteiger partial charge is 0.231 e. The molecule has 0 atom stereocenters. The normalized spacial score (nSPS) is 12.8. The van der Waals surface area contributed by atoms with Gasteiger partial charge in [-0.3, -0.25) is 0 Å². The lowest BCUT2D eigenvalue weighted by atomic mass is 10.1. The van der Waals surface area contributed by atoms with Crippen LogP contribution in [-0.4, -0.2) is 24.3 Å². The molecule has 0 spiro atoms. The molecule has 2 heterocycles. The molecular weight excluding hydrogens is 368 g/mol. The van der Waals surface area contributed by atoms with Crippen molar-refractivity contribution in [2.75, 3.05) is 13.3 Å².